The number of nitrogens with two attached hydrogens (primary N) is 1. The van der Waals surface area contributed by atoms with Crippen molar-refractivity contribution in [3.8, 4) is 5.75 Å². The Hall–Kier alpha value is -1.42. The number of nitrogen functional groups attached to an aromatic ring is 1. The van der Waals surface area contributed by atoms with Crippen molar-refractivity contribution in [2.75, 3.05) is 31.4 Å². The predicted molar refractivity (Wildman–Crippen MR) is 64.9 cm³/mol. The van der Waals surface area contributed by atoms with Crippen molar-refractivity contribution in [2.45, 2.75) is 18.9 Å². The maximum absolute atomic E-state index is 5.80. The molecule has 1 saturated heterocycles. The summed E-state index contributed by atoms with van der Waals surface area (Å²) in [7, 11) is 1.65. The molecule has 1 aliphatic rings. The molecule has 0 aromatic heterocycles. The van der Waals surface area contributed by atoms with Gasteiger partial charge in [0.25, 0.3) is 0 Å². The number of rotatable bonds is 3. The summed E-state index contributed by atoms with van der Waals surface area (Å²) < 4.78 is 10.5. The first kappa shape index (κ1) is 11.1. The molecule has 1 heterocycles. The first-order valence-electron chi connectivity index (χ1n) is 5.57. The summed E-state index contributed by atoms with van der Waals surface area (Å²) in [6.45, 7) is 1.66. The summed E-state index contributed by atoms with van der Waals surface area (Å²) in [5.74, 6) is 0.787. The average Bonchev–Trinajstić information content (AvgIpc) is 2.29. The lowest BCUT2D eigenvalue weighted by Crippen LogP contribution is -2.27. The second kappa shape index (κ2) is 5.07. The molecular formula is C12H18N2O2. The lowest BCUT2D eigenvalue weighted by atomic mass is 10.1. The molecular weight excluding hydrogens is 204 g/mol. The van der Waals surface area contributed by atoms with Crippen molar-refractivity contribution < 1.29 is 9.47 Å². The van der Waals surface area contributed by atoms with Gasteiger partial charge in [0.05, 0.1) is 7.11 Å². The highest BCUT2D eigenvalue weighted by Crippen LogP contribution is 2.24. The van der Waals surface area contributed by atoms with E-state index in [1.165, 1.54) is 0 Å². The van der Waals surface area contributed by atoms with Crippen molar-refractivity contribution in [3.05, 3.63) is 18.2 Å². The average molecular weight is 222 g/mol. The molecule has 1 aliphatic heterocycles. The summed E-state index contributed by atoms with van der Waals surface area (Å²) in [5.41, 5.74) is 7.53. The molecule has 0 amide bonds. The van der Waals surface area contributed by atoms with Crippen LogP contribution in [0.15, 0.2) is 18.2 Å². The highest BCUT2D eigenvalue weighted by molar-refractivity contribution is 5.59. The van der Waals surface area contributed by atoms with Crippen LogP contribution in [0.1, 0.15) is 12.8 Å². The summed E-state index contributed by atoms with van der Waals surface area (Å²) in [6.07, 6.45) is 2.08. The molecule has 1 aromatic carbocycles. The zero-order valence-corrected chi connectivity index (χ0v) is 9.53. The Balaban J connectivity index is 2.04. The van der Waals surface area contributed by atoms with E-state index in [2.05, 4.69) is 5.32 Å². The lowest BCUT2D eigenvalue weighted by Gasteiger charge is -2.24. The topological polar surface area (TPSA) is 56.5 Å². The quantitative estimate of drug-likeness (QED) is 0.766. The van der Waals surface area contributed by atoms with E-state index in [1.807, 2.05) is 18.2 Å². The molecule has 16 heavy (non-hydrogen) atoms. The number of hydrogen-bond acceptors (Lipinski definition) is 4. The van der Waals surface area contributed by atoms with Crippen molar-refractivity contribution in [1.82, 2.24) is 0 Å². The zero-order valence-electron chi connectivity index (χ0n) is 9.53. The molecule has 4 nitrogen and oxygen atoms in total. The van der Waals surface area contributed by atoms with Crippen LogP contribution in [0, 0.1) is 0 Å². The van der Waals surface area contributed by atoms with Crippen molar-refractivity contribution in [3.63, 3.8) is 0 Å². The van der Waals surface area contributed by atoms with Crippen LogP contribution in [0.25, 0.3) is 0 Å². The van der Waals surface area contributed by atoms with E-state index in [-0.39, 0.29) is 0 Å². The van der Waals surface area contributed by atoms with Gasteiger partial charge < -0.3 is 20.5 Å². The van der Waals surface area contributed by atoms with E-state index < -0.39 is 0 Å². The molecule has 3 N–H and O–H groups in total. The maximum atomic E-state index is 5.80. The Morgan fingerprint density at radius 3 is 2.75 bits per heavy atom. The van der Waals surface area contributed by atoms with Crippen LogP contribution in [0.4, 0.5) is 11.4 Å². The third-order valence-corrected chi connectivity index (χ3v) is 2.76. The monoisotopic (exact) mass is 222 g/mol. The van der Waals surface area contributed by atoms with Gasteiger partial charge in [0, 0.05) is 42.8 Å². The minimum atomic E-state index is 0.472. The van der Waals surface area contributed by atoms with Gasteiger partial charge in [-0.15, -0.1) is 0 Å². The summed E-state index contributed by atoms with van der Waals surface area (Å²) in [6, 6.07) is 6.18. The smallest absolute Gasteiger partial charge is 0.122 e. The summed E-state index contributed by atoms with van der Waals surface area (Å²) >= 11 is 0. The van der Waals surface area contributed by atoms with E-state index in [4.69, 9.17) is 15.2 Å². The summed E-state index contributed by atoms with van der Waals surface area (Å²) in [4.78, 5) is 0. The normalized spacial score (nSPS) is 17.1. The molecule has 0 atom stereocenters. The van der Waals surface area contributed by atoms with E-state index in [0.717, 1.165) is 37.5 Å². The second-order valence-electron chi connectivity index (χ2n) is 4.03. The van der Waals surface area contributed by atoms with E-state index in [1.54, 1.807) is 7.11 Å². The van der Waals surface area contributed by atoms with E-state index in [0.29, 0.717) is 11.7 Å². The van der Waals surface area contributed by atoms with Crippen LogP contribution >= 0.6 is 0 Å². The second-order valence-corrected chi connectivity index (χ2v) is 4.03. The van der Waals surface area contributed by atoms with Crippen LogP contribution in [-0.2, 0) is 4.74 Å². The van der Waals surface area contributed by atoms with Gasteiger partial charge in [-0.25, -0.2) is 0 Å². The zero-order chi connectivity index (χ0) is 11.4. The SMILES string of the molecule is COc1cc(N)cc(NC2CCOCC2)c1. The van der Waals surface area contributed by atoms with Crippen LogP contribution in [-0.4, -0.2) is 26.4 Å². The molecule has 88 valence electrons. The molecule has 1 aromatic rings. The molecule has 4 heteroatoms. The minimum Gasteiger partial charge on any atom is -0.497 e. The first-order chi connectivity index (χ1) is 7.78. The van der Waals surface area contributed by atoms with Crippen LogP contribution in [0.5, 0.6) is 5.75 Å². The number of methoxy groups -OCH3 is 1. The van der Waals surface area contributed by atoms with Crippen LogP contribution in [0.3, 0.4) is 0 Å². The lowest BCUT2D eigenvalue weighted by molar-refractivity contribution is 0.0904. The molecule has 0 radical (unpaired) electrons. The van der Waals surface area contributed by atoms with Gasteiger partial charge in [-0.3, -0.25) is 0 Å². The fourth-order valence-electron chi connectivity index (χ4n) is 1.90. The summed E-state index contributed by atoms with van der Waals surface area (Å²) in [5, 5.41) is 3.46. The Kier molecular flexibility index (Phi) is 3.51. The standard InChI is InChI=1S/C12H18N2O2/c1-15-12-7-9(13)6-11(8-12)14-10-2-4-16-5-3-10/h6-8,10,14H,2-5,13H2,1H3. The molecule has 0 bridgehead atoms. The molecule has 2 rings (SSSR count). The molecule has 0 saturated carbocycles. The van der Waals surface area contributed by atoms with Gasteiger partial charge in [-0.1, -0.05) is 0 Å². The van der Waals surface area contributed by atoms with Gasteiger partial charge in [0.2, 0.25) is 0 Å². The highest BCUT2D eigenvalue weighted by Gasteiger charge is 2.13. The van der Waals surface area contributed by atoms with Gasteiger partial charge in [-0.05, 0) is 18.9 Å². The van der Waals surface area contributed by atoms with E-state index >= 15 is 0 Å². The minimum absolute atomic E-state index is 0.472. The van der Waals surface area contributed by atoms with Gasteiger partial charge in [-0.2, -0.15) is 0 Å². The predicted octanol–water partition coefficient (Wildman–Crippen LogP) is 1.87. The van der Waals surface area contributed by atoms with Crippen LogP contribution in [0.2, 0.25) is 0 Å². The Labute approximate surface area is 95.7 Å². The highest BCUT2D eigenvalue weighted by atomic mass is 16.5. The molecule has 0 aliphatic carbocycles. The Bertz CT molecular complexity index is 349. The third-order valence-electron chi connectivity index (χ3n) is 2.76. The van der Waals surface area contributed by atoms with Crippen molar-refractivity contribution in [2.24, 2.45) is 0 Å². The van der Waals surface area contributed by atoms with Crippen molar-refractivity contribution >= 4 is 11.4 Å². The fourth-order valence-corrected chi connectivity index (χ4v) is 1.90. The molecule has 1 fully saturated rings. The number of hydrogen-bond donors (Lipinski definition) is 2. The van der Waals surface area contributed by atoms with E-state index in [9.17, 15) is 0 Å². The molecule has 0 spiro atoms. The number of benzene rings is 1. The van der Waals surface area contributed by atoms with Crippen molar-refractivity contribution in [1.29, 1.82) is 0 Å². The Morgan fingerprint density at radius 2 is 2.06 bits per heavy atom. The largest absolute Gasteiger partial charge is 0.497 e. The van der Waals surface area contributed by atoms with Gasteiger partial charge in [0.15, 0.2) is 0 Å². The number of nitrogens with one attached hydrogen (secondary N) is 1. The molecule has 0 unspecified atom stereocenters. The Morgan fingerprint density at radius 1 is 1.31 bits per heavy atom. The van der Waals surface area contributed by atoms with Gasteiger partial charge >= 0.3 is 0 Å². The third kappa shape index (κ3) is 2.79. The maximum Gasteiger partial charge on any atom is 0.122 e. The van der Waals surface area contributed by atoms with Gasteiger partial charge in [0.1, 0.15) is 5.75 Å². The number of anilines is 2. The first-order valence-corrected chi connectivity index (χ1v) is 5.57. The fraction of sp³-hybridized carbons (Fsp3) is 0.500. The number of ether oxygens (including phenoxy) is 2. The van der Waals surface area contributed by atoms with Crippen LogP contribution < -0.4 is 15.8 Å².